The largest absolute Gasteiger partial charge is 0.481 e. The average molecular weight is 299 g/mol. The van der Waals surface area contributed by atoms with Gasteiger partial charge in [0.15, 0.2) is 0 Å². The summed E-state index contributed by atoms with van der Waals surface area (Å²) >= 11 is 0. The maximum absolute atomic E-state index is 12.0. The van der Waals surface area contributed by atoms with Gasteiger partial charge in [-0.15, -0.1) is 0 Å². The molecule has 21 heavy (non-hydrogen) atoms. The van der Waals surface area contributed by atoms with Gasteiger partial charge in [0.05, 0.1) is 11.1 Å². The number of nitrogens with zero attached hydrogens (tertiary/aromatic N) is 3. The summed E-state index contributed by atoms with van der Waals surface area (Å²) < 4.78 is 1.94. The van der Waals surface area contributed by atoms with Crippen LogP contribution in [0.2, 0.25) is 0 Å². The Labute approximate surface area is 119 Å². The van der Waals surface area contributed by atoms with Gasteiger partial charge in [-0.25, -0.2) is 4.79 Å². The van der Waals surface area contributed by atoms with Gasteiger partial charge in [-0.1, -0.05) is 6.42 Å². The van der Waals surface area contributed by atoms with E-state index in [1.165, 1.54) is 0 Å². The Morgan fingerprint density at radius 3 is 2.52 bits per heavy atom. The molecule has 1 heterocycles. The SMILES string of the molecule is CCn1cc([N+](=O)[O-])c(=O)n(CCCCCC(=O)O)c1=O. The number of rotatable bonds is 8. The number of hydrogen-bond acceptors (Lipinski definition) is 5. The van der Waals surface area contributed by atoms with Gasteiger partial charge in [0.2, 0.25) is 0 Å². The van der Waals surface area contributed by atoms with Crippen LogP contribution in [0.5, 0.6) is 0 Å². The third kappa shape index (κ3) is 4.26. The second kappa shape index (κ2) is 7.36. The Kier molecular flexibility index (Phi) is 5.82. The number of aromatic nitrogens is 2. The number of unbranched alkanes of at least 4 members (excludes halogenated alkanes) is 2. The number of hydrogen-bond donors (Lipinski definition) is 1. The molecule has 0 fully saturated rings. The van der Waals surface area contributed by atoms with Crippen molar-refractivity contribution < 1.29 is 14.8 Å². The zero-order valence-corrected chi connectivity index (χ0v) is 11.7. The lowest BCUT2D eigenvalue weighted by Crippen LogP contribution is -2.40. The van der Waals surface area contributed by atoms with Crippen molar-refractivity contribution in [1.82, 2.24) is 9.13 Å². The zero-order valence-electron chi connectivity index (χ0n) is 11.7. The van der Waals surface area contributed by atoms with E-state index in [-0.39, 0.29) is 19.5 Å². The molecule has 0 aliphatic heterocycles. The van der Waals surface area contributed by atoms with Crippen molar-refractivity contribution in [2.75, 3.05) is 0 Å². The van der Waals surface area contributed by atoms with Crippen LogP contribution in [-0.2, 0) is 17.9 Å². The van der Waals surface area contributed by atoms with E-state index < -0.39 is 27.8 Å². The lowest BCUT2D eigenvalue weighted by Gasteiger charge is -2.08. The first-order chi connectivity index (χ1) is 9.88. The van der Waals surface area contributed by atoms with E-state index in [0.717, 1.165) is 15.3 Å². The lowest BCUT2D eigenvalue weighted by molar-refractivity contribution is -0.387. The van der Waals surface area contributed by atoms with Crippen LogP contribution in [0.4, 0.5) is 5.69 Å². The highest BCUT2D eigenvalue weighted by molar-refractivity contribution is 5.66. The van der Waals surface area contributed by atoms with E-state index >= 15 is 0 Å². The van der Waals surface area contributed by atoms with Crippen molar-refractivity contribution >= 4 is 11.7 Å². The number of carboxylic acid groups (broad SMARTS) is 1. The van der Waals surface area contributed by atoms with Gasteiger partial charge in [0, 0.05) is 19.5 Å². The standard InChI is InChI=1S/C12H17N3O6/c1-2-13-8-9(15(20)21)11(18)14(12(13)19)7-5-3-4-6-10(16)17/h8H,2-7H2,1H3,(H,16,17). The van der Waals surface area contributed by atoms with Gasteiger partial charge in [0.25, 0.3) is 0 Å². The number of aryl methyl sites for hydroxylation is 1. The number of nitro groups is 1. The molecular weight excluding hydrogens is 282 g/mol. The fourth-order valence-corrected chi connectivity index (χ4v) is 1.91. The molecule has 0 bridgehead atoms. The maximum Gasteiger partial charge on any atom is 0.350 e. The molecule has 0 aliphatic carbocycles. The van der Waals surface area contributed by atoms with Gasteiger partial charge >= 0.3 is 22.9 Å². The van der Waals surface area contributed by atoms with Crippen molar-refractivity contribution in [3.05, 3.63) is 37.1 Å². The molecule has 0 unspecified atom stereocenters. The smallest absolute Gasteiger partial charge is 0.350 e. The van der Waals surface area contributed by atoms with E-state index in [1.54, 1.807) is 6.92 Å². The first-order valence-corrected chi connectivity index (χ1v) is 6.59. The third-order valence-electron chi connectivity index (χ3n) is 3.03. The summed E-state index contributed by atoms with van der Waals surface area (Å²) in [5.74, 6) is -0.907. The average Bonchev–Trinajstić information content (AvgIpc) is 2.41. The summed E-state index contributed by atoms with van der Waals surface area (Å²) in [6.45, 7) is 1.91. The van der Waals surface area contributed by atoms with Crippen LogP contribution >= 0.6 is 0 Å². The summed E-state index contributed by atoms with van der Waals surface area (Å²) in [6, 6.07) is 0. The van der Waals surface area contributed by atoms with Gasteiger partial charge < -0.3 is 5.11 Å². The molecule has 0 radical (unpaired) electrons. The van der Waals surface area contributed by atoms with Crippen LogP contribution in [-0.4, -0.2) is 25.1 Å². The van der Waals surface area contributed by atoms with E-state index in [9.17, 15) is 24.5 Å². The summed E-state index contributed by atoms with van der Waals surface area (Å²) in [5, 5.41) is 19.3. The van der Waals surface area contributed by atoms with Gasteiger partial charge in [0.1, 0.15) is 0 Å². The molecule has 1 rings (SSSR count). The molecule has 116 valence electrons. The first kappa shape index (κ1) is 16.6. The number of aliphatic carboxylic acids is 1. The minimum Gasteiger partial charge on any atom is -0.481 e. The van der Waals surface area contributed by atoms with Crippen LogP contribution in [0.25, 0.3) is 0 Å². The Morgan fingerprint density at radius 2 is 2.00 bits per heavy atom. The fraction of sp³-hybridized carbons (Fsp3) is 0.583. The Bertz CT molecular complexity index is 645. The van der Waals surface area contributed by atoms with Gasteiger partial charge in [-0.2, -0.15) is 0 Å². The van der Waals surface area contributed by atoms with E-state index in [2.05, 4.69) is 0 Å². The normalized spacial score (nSPS) is 10.5. The lowest BCUT2D eigenvalue weighted by atomic mass is 10.2. The van der Waals surface area contributed by atoms with E-state index in [1.807, 2.05) is 0 Å². The molecule has 0 saturated carbocycles. The number of carbonyl (C=O) groups is 1. The van der Waals surface area contributed by atoms with Crippen LogP contribution < -0.4 is 11.2 Å². The molecule has 0 aliphatic rings. The highest BCUT2D eigenvalue weighted by Gasteiger charge is 2.18. The van der Waals surface area contributed by atoms with Crippen LogP contribution in [0, 0.1) is 10.1 Å². The molecule has 1 aromatic heterocycles. The quantitative estimate of drug-likeness (QED) is 0.425. The summed E-state index contributed by atoms with van der Waals surface area (Å²) in [7, 11) is 0. The predicted octanol–water partition coefficient (Wildman–Crippen LogP) is 0.583. The Morgan fingerprint density at radius 1 is 1.33 bits per heavy atom. The highest BCUT2D eigenvalue weighted by atomic mass is 16.6. The van der Waals surface area contributed by atoms with Crippen molar-refractivity contribution in [3.8, 4) is 0 Å². The minimum atomic E-state index is -0.923. The van der Waals surface area contributed by atoms with Gasteiger partial charge in [-0.3, -0.25) is 28.8 Å². The fourth-order valence-electron chi connectivity index (χ4n) is 1.91. The summed E-state index contributed by atoms with van der Waals surface area (Å²) in [6.07, 6.45) is 2.33. The first-order valence-electron chi connectivity index (χ1n) is 6.59. The summed E-state index contributed by atoms with van der Waals surface area (Å²) in [4.78, 5) is 44.2. The third-order valence-corrected chi connectivity index (χ3v) is 3.03. The van der Waals surface area contributed by atoms with Crippen LogP contribution in [0.15, 0.2) is 15.8 Å². The van der Waals surface area contributed by atoms with Crippen LogP contribution in [0.3, 0.4) is 0 Å². The van der Waals surface area contributed by atoms with Crippen LogP contribution in [0.1, 0.15) is 32.6 Å². The van der Waals surface area contributed by atoms with E-state index in [0.29, 0.717) is 19.3 Å². The molecular formula is C12H17N3O6. The molecule has 0 atom stereocenters. The van der Waals surface area contributed by atoms with Crippen molar-refractivity contribution in [2.24, 2.45) is 0 Å². The zero-order chi connectivity index (χ0) is 16.0. The molecule has 0 spiro atoms. The Hall–Kier alpha value is -2.45. The van der Waals surface area contributed by atoms with Crippen molar-refractivity contribution in [2.45, 2.75) is 45.7 Å². The molecule has 9 heteroatoms. The Balaban J connectivity index is 2.93. The molecule has 0 saturated heterocycles. The number of carboxylic acids is 1. The van der Waals surface area contributed by atoms with Gasteiger partial charge in [-0.05, 0) is 19.8 Å². The monoisotopic (exact) mass is 299 g/mol. The second-order valence-electron chi connectivity index (χ2n) is 4.50. The highest BCUT2D eigenvalue weighted by Crippen LogP contribution is 2.03. The molecule has 0 amide bonds. The molecule has 9 nitrogen and oxygen atoms in total. The minimum absolute atomic E-state index is 0.0169. The summed E-state index contributed by atoms with van der Waals surface area (Å²) in [5.41, 5.74) is -2.15. The molecule has 0 aromatic carbocycles. The maximum atomic E-state index is 12.0. The molecule has 1 aromatic rings. The molecule has 1 N–H and O–H groups in total. The topological polar surface area (TPSA) is 124 Å². The second-order valence-corrected chi connectivity index (χ2v) is 4.50. The van der Waals surface area contributed by atoms with Crippen molar-refractivity contribution in [1.29, 1.82) is 0 Å². The predicted molar refractivity (Wildman–Crippen MR) is 73.4 cm³/mol. The van der Waals surface area contributed by atoms with E-state index in [4.69, 9.17) is 5.11 Å². The van der Waals surface area contributed by atoms with Crippen molar-refractivity contribution in [3.63, 3.8) is 0 Å².